The molecule has 0 aliphatic rings. The summed E-state index contributed by atoms with van der Waals surface area (Å²) in [6, 6.07) is 0. The fourth-order valence-corrected chi connectivity index (χ4v) is 0. The van der Waals surface area contributed by atoms with Crippen molar-refractivity contribution in [2.24, 2.45) is 0 Å². The van der Waals surface area contributed by atoms with Gasteiger partial charge in [0, 0.05) is 19.5 Å². The summed E-state index contributed by atoms with van der Waals surface area (Å²) >= 11 is -0.250. The van der Waals surface area contributed by atoms with E-state index in [2.05, 4.69) is 0 Å². The molecule has 0 spiro atoms. The van der Waals surface area contributed by atoms with Crippen LogP contribution in [0.3, 0.4) is 0 Å². The van der Waals surface area contributed by atoms with Crippen molar-refractivity contribution in [1.29, 1.82) is 4.78 Å². The van der Waals surface area contributed by atoms with Crippen LogP contribution in [0, 0.1) is 4.78 Å². The van der Waals surface area contributed by atoms with Gasteiger partial charge in [-0.05, 0) is 0 Å². The van der Waals surface area contributed by atoms with E-state index in [1.807, 2.05) is 0 Å². The summed E-state index contributed by atoms with van der Waals surface area (Å²) < 4.78 is 14.1. The second-order valence-electron chi connectivity index (χ2n) is 0.0833. The molecule has 20 valence electrons. The molecular weight excluding hydrogens is 127 g/mol. The van der Waals surface area contributed by atoms with E-state index < -0.39 is 0 Å². The van der Waals surface area contributed by atoms with Crippen LogP contribution in [0.15, 0.2) is 0 Å². The molecule has 0 unspecified atom stereocenters. The van der Waals surface area contributed by atoms with Crippen molar-refractivity contribution in [3.8, 4) is 0 Å². The van der Waals surface area contributed by atoms with Gasteiger partial charge in [0.2, 0.25) is 0 Å². The van der Waals surface area contributed by atoms with E-state index in [9.17, 15) is 0 Å². The molecule has 0 rings (SSSR count). The van der Waals surface area contributed by atoms with E-state index in [1.165, 1.54) is 0 Å². The van der Waals surface area contributed by atoms with Crippen LogP contribution in [0.25, 0.3) is 0 Å². The van der Waals surface area contributed by atoms with Crippen LogP contribution >= 0.6 is 0 Å². The quantitative estimate of drug-likeness (QED) is 0.457. The van der Waals surface area contributed by atoms with Gasteiger partial charge in [-0.25, -0.2) is 4.78 Å². The molecule has 0 bridgehead atoms. The monoisotopic (exact) mass is 127 g/mol. The van der Waals surface area contributed by atoms with Gasteiger partial charge >= 0.3 is 0 Å². The van der Waals surface area contributed by atoms with Gasteiger partial charge in [0.25, 0.3) is 0 Å². The zero-order valence-corrected chi connectivity index (χ0v) is 5.81. The van der Waals surface area contributed by atoms with Gasteiger partial charge in [-0.15, -0.1) is 0 Å². The first-order valence-electron chi connectivity index (χ1n) is 0.371. The van der Waals surface area contributed by atoms with Crippen molar-refractivity contribution in [3.63, 3.8) is 0 Å². The van der Waals surface area contributed by atoms with Crippen LogP contribution in [0.1, 0.15) is 0 Å². The Labute approximate surface area is 40.4 Å². The fraction of sp³-hybridized carbons (Fsp3) is 0. The largest absolute Gasteiger partial charge is 0.210 e. The molecular formula is HNOSZn. The molecule has 0 atom stereocenters. The number of nitrogens with one attached hydrogen (secondary N) is 1. The summed E-state index contributed by atoms with van der Waals surface area (Å²) in [7, 11) is 0. The molecule has 0 aromatic heterocycles. The molecule has 4 heteroatoms. The van der Waals surface area contributed by atoms with Crippen molar-refractivity contribution < 1.29 is 23.7 Å². The fourth-order valence-electron chi connectivity index (χ4n) is 0. The zero-order valence-electron chi connectivity index (χ0n) is 2.02. The molecule has 0 saturated heterocycles. The Kier molecular flexibility index (Phi) is 21.8. The Hall–Kier alpha value is 0.443. The van der Waals surface area contributed by atoms with Gasteiger partial charge in [0.1, 0.15) is 0 Å². The average molecular weight is 128 g/mol. The second-order valence-corrected chi connectivity index (χ2v) is 0.250. The van der Waals surface area contributed by atoms with Crippen molar-refractivity contribution in [1.82, 2.24) is 0 Å². The molecule has 0 aliphatic heterocycles. The summed E-state index contributed by atoms with van der Waals surface area (Å²) in [4.78, 5) is 0. The summed E-state index contributed by atoms with van der Waals surface area (Å²) in [6.45, 7) is 0. The first-order valence-corrected chi connectivity index (χ1v) is 1.11. The van der Waals surface area contributed by atoms with Crippen LogP contribution < -0.4 is 0 Å². The maximum atomic E-state index is 8.51. The van der Waals surface area contributed by atoms with E-state index in [1.54, 1.807) is 0 Å². The molecule has 0 aliphatic carbocycles. The van der Waals surface area contributed by atoms with Crippen LogP contribution in [0.2, 0.25) is 0 Å². The SMILES string of the molecule is N=S=O.[Zn]. The molecule has 0 aromatic rings. The minimum absolute atomic E-state index is 0. The normalized spacial score (nSPS) is 3.00. The Morgan fingerprint density at radius 3 is 1.75 bits per heavy atom. The molecule has 4 heavy (non-hydrogen) atoms. The topological polar surface area (TPSA) is 40.9 Å². The van der Waals surface area contributed by atoms with Gasteiger partial charge in [-0.3, -0.25) is 0 Å². The van der Waals surface area contributed by atoms with Gasteiger partial charge in [-0.1, -0.05) is 0 Å². The molecule has 0 amide bonds. The molecule has 0 saturated carbocycles. The molecule has 0 radical (unpaired) electrons. The van der Waals surface area contributed by atoms with Gasteiger partial charge < -0.3 is 0 Å². The predicted molar refractivity (Wildman–Crippen MR) is 10.9 cm³/mol. The van der Waals surface area contributed by atoms with Crippen LogP contribution in [-0.2, 0) is 30.9 Å². The minimum Gasteiger partial charge on any atom is -0.210 e. The summed E-state index contributed by atoms with van der Waals surface area (Å²) in [5.74, 6) is 0. The van der Waals surface area contributed by atoms with Crippen LogP contribution in [0.4, 0.5) is 0 Å². The minimum atomic E-state index is -0.250. The van der Waals surface area contributed by atoms with E-state index in [0.29, 0.717) is 0 Å². The second kappa shape index (κ2) is 9.87. The number of hydrogen-bond acceptors (Lipinski definition) is 2. The molecule has 0 aromatic carbocycles. The average Bonchev–Trinajstić information content (AvgIpc) is 0.918. The summed E-state index contributed by atoms with van der Waals surface area (Å²) in [6.07, 6.45) is 0. The summed E-state index contributed by atoms with van der Waals surface area (Å²) in [5.41, 5.74) is 0. The first-order chi connectivity index (χ1) is 1.41. The maximum absolute atomic E-state index is 8.51. The smallest absolute Gasteiger partial charge is 0.196 e. The Morgan fingerprint density at radius 2 is 1.75 bits per heavy atom. The third kappa shape index (κ3) is 25.9. The standard InChI is InChI=1S/HNOS.Zn/c1-3-2;/h1H;. The first kappa shape index (κ1) is 8.82. The third-order valence-corrected chi connectivity index (χ3v) is 0. The predicted octanol–water partition coefficient (Wildman–Crippen LogP) is -0.0407. The van der Waals surface area contributed by atoms with E-state index in [0.717, 1.165) is 0 Å². The number of hydrogen-bond donors (Lipinski definition) is 1. The van der Waals surface area contributed by atoms with E-state index >= 15 is 0 Å². The zero-order chi connectivity index (χ0) is 2.71. The van der Waals surface area contributed by atoms with Crippen molar-refractivity contribution >= 4 is 11.5 Å². The molecule has 1 N–H and O–H groups in total. The van der Waals surface area contributed by atoms with Gasteiger partial charge in [-0.2, -0.15) is 4.21 Å². The molecule has 2 nitrogen and oxygen atoms in total. The van der Waals surface area contributed by atoms with Gasteiger partial charge in [0.15, 0.2) is 11.5 Å². The van der Waals surface area contributed by atoms with Crippen molar-refractivity contribution in [2.45, 2.75) is 0 Å². The maximum Gasteiger partial charge on any atom is 0.196 e. The van der Waals surface area contributed by atoms with E-state index in [4.69, 9.17) is 8.99 Å². The number of rotatable bonds is 0. The van der Waals surface area contributed by atoms with Crippen LogP contribution in [-0.4, -0.2) is 4.21 Å². The Bertz CT molecular complexity index is 29.0. The van der Waals surface area contributed by atoms with E-state index in [-0.39, 0.29) is 30.9 Å². The van der Waals surface area contributed by atoms with Crippen LogP contribution in [0.5, 0.6) is 0 Å². The Balaban J connectivity index is 0. The Morgan fingerprint density at radius 1 is 1.75 bits per heavy atom. The van der Waals surface area contributed by atoms with Gasteiger partial charge in [0.05, 0.1) is 0 Å². The van der Waals surface area contributed by atoms with Crippen molar-refractivity contribution in [3.05, 3.63) is 0 Å². The third-order valence-electron chi connectivity index (χ3n) is 0. The molecule has 0 heterocycles. The van der Waals surface area contributed by atoms with Crippen molar-refractivity contribution in [2.75, 3.05) is 0 Å². The summed E-state index contributed by atoms with van der Waals surface area (Å²) in [5, 5.41) is 0. The molecule has 0 fully saturated rings.